The summed E-state index contributed by atoms with van der Waals surface area (Å²) in [6.45, 7) is 0.339. The van der Waals surface area contributed by atoms with E-state index in [1.54, 1.807) is 12.1 Å². The number of benzene rings is 1. The van der Waals surface area contributed by atoms with Gasteiger partial charge in [0.2, 0.25) is 0 Å². The maximum atomic E-state index is 13.0. The van der Waals surface area contributed by atoms with Gasteiger partial charge in [0, 0.05) is 12.6 Å². The first-order valence-corrected chi connectivity index (χ1v) is 7.59. The third kappa shape index (κ3) is 3.49. The molecule has 114 valence electrons. The number of aliphatic hydroxyl groups excluding tert-OH is 1. The van der Waals surface area contributed by atoms with E-state index in [2.05, 4.69) is 15.3 Å². The Balaban J connectivity index is 1.54. The Hall–Kier alpha value is -2.25. The van der Waals surface area contributed by atoms with Crippen LogP contribution in [0, 0.1) is 5.82 Å². The fraction of sp³-hybridized carbons (Fsp3) is 0.200. The van der Waals surface area contributed by atoms with Crippen molar-refractivity contribution in [3.63, 3.8) is 0 Å². The van der Waals surface area contributed by atoms with Crippen LogP contribution in [-0.2, 0) is 0 Å². The monoisotopic (exact) mass is 319 g/mol. The van der Waals surface area contributed by atoms with Crippen molar-refractivity contribution in [3.05, 3.63) is 47.9 Å². The third-order valence-electron chi connectivity index (χ3n) is 3.01. The summed E-state index contributed by atoms with van der Waals surface area (Å²) in [4.78, 5) is 9.21. The number of nitrogens with zero attached hydrogens (tertiary/aromatic N) is 2. The zero-order chi connectivity index (χ0) is 15.4. The van der Waals surface area contributed by atoms with Crippen molar-refractivity contribution in [1.82, 2.24) is 9.97 Å². The van der Waals surface area contributed by atoms with Gasteiger partial charge in [0.15, 0.2) is 0 Å². The highest BCUT2D eigenvalue weighted by atomic mass is 32.1. The fourth-order valence-electron chi connectivity index (χ4n) is 1.95. The fourth-order valence-corrected chi connectivity index (χ4v) is 2.69. The predicted octanol–water partition coefficient (Wildman–Crippen LogP) is 2.68. The van der Waals surface area contributed by atoms with Gasteiger partial charge >= 0.3 is 0 Å². The van der Waals surface area contributed by atoms with E-state index in [4.69, 9.17) is 4.74 Å². The van der Waals surface area contributed by atoms with Crippen LogP contribution in [0.4, 0.5) is 10.2 Å². The van der Waals surface area contributed by atoms with E-state index in [9.17, 15) is 9.50 Å². The van der Waals surface area contributed by atoms with Crippen molar-refractivity contribution in [2.75, 3.05) is 18.5 Å². The number of hydrogen-bond acceptors (Lipinski definition) is 6. The standard InChI is InChI=1S/C15H14FN3O2S/c16-10-2-1-3-12(6-10)21-8-11(20)7-17-14-13-4-5-22-15(13)19-9-18-14/h1-6,9,11,20H,7-8H2,(H,17,18,19)/t11-/m1/s1. The van der Waals surface area contributed by atoms with E-state index < -0.39 is 6.10 Å². The lowest BCUT2D eigenvalue weighted by Crippen LogP contribution is -2.26. The maximum absolute atomic E-state index is 13.0. The molecule has 5 nitrogen and oxygen atoms in total. The number of aliphatic hydroxyl groups is 1. The Bertz CT molecular complexity index is 765. The van der Waals surface area contributed by atoms with Crippen molar-refractivity contribution >= 4 is 27.4 Å². The van der Waals surface area contributed by atoms with Gasteiger partial charge in [-0.15, -0.1) is 11.3 Å². The Labute approximate surface area is 130 Å². The number of fused-ring (bicyclic) bond motifs is 1. The molecular formula is C15H14FN3O2S. The molecule has 1 atom stereocenters. The van der Waals surface area contributed by atoms with E-state index in [1.165, 1.54) is 29.8 Å². The first-order valence-electron chi connectivity index (χ1n) is 6.71. The van der Waals surface area contributed by atoms with Gasteiger partial charge in [-0.1, -0.05) is 6.07 Å². The zero-order valence-electron chi connectivity index (χ0n) is 11.6. The summed E-state index contributed by atoms with van der Waals surface area (Å²) in [6.07, 6.45) is 0.739. The van der Waals surface area contributed by atoms with E-state index in [0.29, 0.717) is 11.6 Å². The van der Waals surface area contributed by atoms with Crippen molar-refractivity contribution < 1.29 is 14.2 Å². The van der Waals surface area contributed by atoms with Crippen LogP contribution in [0.2, 0.25) is 0 Å². The topological polar surface area (TPSA) is 67.3 Å². The molecule has 0 aliphatic carbocycles. The SMILES string of the molecule is O[C@H](CNc1ncnc2sccc12)COc1cccc(F)c1. The number of aromatic nitrogens is 2. The second kappa shape index (κ2) is 6.67. The van der Waals surface area contributed by atoms with Crippen LogP contribution >= 0.6 is 11.3 Å². The highest BCUT2D eigenvalue weighted by molar-refractivity contribution is 7.16. The van der Waals surface area contributed by atoms with Crippen molar-refractivity contribution in [1.29, 1.82) is 0 Å². The molecule has 0 saturated heterocycles. The molecule has 22 heavy (non-hydrogen) atoms. The lowest BCUT2D eigenvalue weighted by atomic mass is 10.3. The highest BCUT2D eigenvalue weighted by Gasteiger charge is 2.09. The van der Waals surface area contributed by atoms with Crippen LogP contribution in [0.5, 0.6) is 5.75 Å². The van der Waals surface area contributed by atoms with Crippen molar-refractivity contribution in [2.45, 2.75) is 6.10 Å². The molecule has 0 aliphatic heterocycles. The van der Waals surface area contributed by atoms with Gasteiger partial charge < -0.3 is 15.2 Å². The average Bonchev–Trinajstić information content (AvgIpc) is 3.00. The number of hydrogen-bond donors (Lipinski definition) is 2. The molecule has 3 rings (SSSR count). The predicted molar refractivity (Wildman–Crippen MR) is 83.8 cm³/mol. The van der Waals surface area contributed by atoms with Gasteiger partial charge in [0.05, 0.1) is 5.39 Å². The number of ether oxygens (including phenoxy) is 1. The molecule has 0 unspecified atom stereocenters. The largest absolute Gasteiger partial charge is 0.491 e. The van der Waals surface area contributed by atoms with Crippen LogP contribution in [0.25, 0.3) is 10.2 Å². The van der Waals surface area contributed by atoms with Crippen LogP contribution in [0.1, 0.15) is 0 Å². The van der Waals surface area contributed by atoms with Gasteiger partial charge in [-0.05, 0) is 23.6 Å². The molecule has 3 aromatic rings. The lowest BCUT2D eigenvalue weighted by molar-refractivity contribution is 0.117. The molecule has 7 heteroatoms. The Morgan fingerprint density at radius 1 is 1.32 bits per heavy atom. The first kappa shape index (κ1) is 14.7. The molecule has 2 heterocycles. The number of nitrogens with one attached hydrogen (secondary N) is 1. The Kier molecular flexibility index (Phi) is 4.45. The second-order valence-corrected chi connectivity index (χ2v) is 5.56. The Morgan fingerprint density at radius 2 is 2.23 bits per heavy atom. The number of rotatable bonds is 6. The van der Waals surface area contributed by atoms with E-state index in [0.717, 1.165) is 10.2 Å². The average molecular weight is 319 g/mol. The number of anilines is 1. The molecule has 0 spiro atoms. The minimum atomic E-state index is -0.744. The summed E-state index contributed by atoms with van der Waals surface area (Å²) >= 11 is 1.53. The second-order valence-electron chi connectivity index (χ2n) is 4.66. The summed E-state index contributed by atoms with van der Waals surface area (Å²) in [5.74, 6) is 0.698. The molecule has 1 aromatic carbocycles. The van der Waals surface area contributed by atoms with Gasteiger partial charge in [0.1, 0.15) is 41.3 Å². The molecule has 2 aromatic heterocycles. The van der Waals surface area contributed by atoms with Gasteiger partial charge in [0.25, 0.3) is 0 Å². The van der Waals surface area contributed by atoms with Gasteiger partial charge in [-0.3, -0.25) is 0 Å². The first-order chi connectivity index (χ1) is 10.7. The van der Waals surface area contributed by atoms with E-state index in [1.807, 2.05) is 11.4 Å². The summed E-state index contributed by atoms with van der Waals surface area (Å²) in [5, 5.41) is 15.9. The third-order valence-corrected chi connectivity index (χ3v) is 3.83. The molecule has 0 amide bonds. The smallest absolute Gasteiger partial charge is 0.138 e. The quantitative estimate of drug-likeness (QED) is 0.731. The van der Waals surface area contributed by atoms with Gasteiger partial charge in [-0.2, -0.15) is 0 Å². The van der Waals surface area contributed by atoms with E-state index in [-0.39, 0.29) is 19.0 Å². The molecule has 0 radical (unpaired) electrons. The normalized spacial score (nSPS) is 12.3. The molecular weight excluding hydrogens is 305 g/mol. The van der Waals surface area contributed by atoms with Gasteiger partial charge in [-0.25, -0.2) is 14.4 Å². The van der Waals surface area contributed by atoms with Crippen LogP contribution in [-0.4, -0.2) is 34.3 Å². The van der Waals surface area contributed by atoms with Crippen molar-refractivity contribution in [3.8, 4) is 5.75 Å². The van der Waals surface area contributed by atoms with Crippen LogP contribution in [0.15, 0.2) is 42.0 Å². The highest BCUT2D eigenvalue weighted by Crippen LogP contribution is 2.23. The van der Waals surface area contributed by atoms with E-state index >= 15 is 0 Å². The van der Waals surface area contributed by atoms with Crippen LogP contribution < -0.4 is 10.1 Å². The Morgan fingerprint density at radius 3 is 3.09 bits per heavy atom. The van der Waals surface area contributed by atoms with Crippen LogP contribution in [0.3, 0.4) is 0 Å². The lowest BCUT2D eigenvalue weighted by Gasteiger charge is -2.14. The summed E-state index contributed by atoms with van der Waals surface area (Å²) < 4.78 is 18.4. The molecule has 0 aliphatic rings. The molecule has 0 saturated carbocycles. The minimum absolute atomic E-state index is 0.0638. The minimum Gasteiger partial charge on any atom is -0.491 e. The molecule has 0 fully saturated rings. The van der Waals surface area contributed by atoms with Crippen molar-refractivity contribution in [2.24, 2.45) is 0 Å². The number of halogens is 1. The summed E-state index contributed by atoms with van der Waals surface area (Å²) in [5.41, 5.74) is 0. The molecule has 0 bridgehead atoms. The molecule has 2 N–H and O–H groups in total. The summed E-state index contributed by atoms with van der Waals surface area (Å²) in [6, 6.07) is 7.75. The maximum Gasteiger partial charge on any atom is 0.138 e. The summed E-state index contributed by atoms with van der Waals surface area (Å²) in [7, 11) is 0. The zero-order valence-corrected chi connectivity index (χ0v) is 12.4. The number of thiophene rings is 1.